The molecule has 1 aromatic carbocycles. The summed E-state index contributed by atoms with van der Waals surface area (Å²) < 4.78 is 0. The lowest BCUT2D eigenvalue weighted by Crippen LogP contribution is -2.00. The van der Waals surface area contributed by atoms with Gasteiger partial charge in [0.1, 0.15) is 11.5 Å². The molecule has 0 unspecified atom stereocenters. The molecule has 0 aromatic heterocycles. The molecular formula is C27H46O2. The molecule has 29 heavy (non-hydrogen) atoms. The summed E-state index contributed by atoms with van der Waals surface area (Å²) in [5.41, 5.74) is 2.91. The maximum Gasteiger partial charge on any atom is 0.122 e. The molecule has 1 rings (SSSR count). The molecule has 166 valence electrons. The van der Waals surface area contributed by atoms with Crippen molar-refractivity contribution in [3.05, 3.63) is 34.9 Å². The van der Waals surface area contributed by atoms with Crippen LogP contribution in [0.2, 0.25) is 0 Å². The quantitative estimate of drug-likeness (QED) is 0.242. The average molecular weight is 403 g/mol. The van der Waals surface area contributed by atoms with E-state index in [-0.39, 0.29) is 5.75 Å². The Morgan fingerprint density at radius 2 is 1.41 bits per heavy atom. The first-order valence-corrected chi connectivity index (χ1v) is 11.9. The van der Waals surface area contributed by atoms with Crippen molar-refractivity contribution in [3.63, 3.8) is 0 Å². The van der Waals surface area contributed by atoms with Crippen LogP contribution in [-0.2, 0) is 6.42 Å². The minimum Gasteiger partial charge on any atom is -0.508 e. The van der Waals surface area contributed by atoms with E-state index in [1.807, 2.05) is 6.92 Å². The fourth-order valence-corrected chi connectivity index (χ4v) is 4.08. The Balaban J connectivity index is 2.21. The Labute approximate surface area is 180 Å². The average Bonchev–Trinajstić information content (AvgIpc) is 2.63. The molecule has 0 saturated carbocycles. The normalized spacial score (nSPS) is 14.4. The first kappa shape index (κ1) is 25.6. The smallest absolute Gasteiger partial charge is 0.122 e. The van der Waals surface area contributed by atoms with Crippen molar-refractivity contribution in [3.8, 4) is 11.5 Å². The van der Waals surface area contributed by atoms with E-state index in [1.54, 1.807) is 12.1 Å². The Morgan fingerprint density at radius 3 is 2.00 bits per heavy atom. The van der Waals surface area contributed by atoms with Crippen LogP contribution in [-0.4, -0.2) is 10.2 Å². The lowest BCUT2D eigenvalue weighted by molar-refractivity contribution is 0.389. The van der Waals surface area contributed by atoms with Gasteiger partial charge in [0.25, 0.3) is 0 Å². The standard InChI is InChI=1S/C27H46O2/c1-20(2)10-7-11-21(3)12-8-13-22(4)14-9-15-23(5)16-17-25-19-26(28)18-24(6)27(25)29/h16,18-22,28-29H,7-15,17H2,1-6H3/t21-,22-/m1/s1. The molecule has 0 saturated heterocycles. The molecule has 0 aliphatic carbocycles. The summed E-state index contributed by atoms with van der Waals surface area (Å²) in [6, 6.07) is 3.27. The number of hydrogen-bond donors (Lipinski definition) is 2. The minimum atomic E-state index is 0.226. The van der Waals surface area contributed by atoms with Crippen molar-refractivity contribution in [2.24, 2.45) is 17.8 Å². The van der Waals surface area contributed by atoms with Crippen molar-refractivity contribution in [1.29, 1.82) is 0 Å². The maximum absolute atomic E-state index is 10.1. The fraction of sp³-hybridized carbons (Fsp3) is 0.704. The van der Waals surface area contributed by atoms with Gasteiger partial charge >= 0.3 is 0 Å². The van der Waals surface area contributed by atoms with Crippen molar-refractivity contribution in [2.75, 3.05) is 0 Å². The van der Waals surface area contributed by atoms with Crippen molar-refractivity contribution in [2.45, 2.75) is 106 Å². The van der Waals surface area contributed by atoms with Crippen LogP contribution in [0.4, 0.5) is 0 Å². The molecule has 0 fully saturated rings. The summed E-state index contributed by atoms with van der Waals surface area (Å²) in [6.45, 7) is 13.5. The number of phenolic OH excluding ortho intramolecular Hbond substituents is 2. The van der Waals surface area contributed by atoms with Gasteiger partial charge in [0, 0.05) is 5.56 Å². The van der Waals surface area contributed by atoms with Crippen LogP contribution >= 0.6 is 0 Å². The topological polar surface area (TPSA) is 40.5 Å². The summed E-state index contributed by atoms with van der Waals surface area (Å²) in [6.07, 6.45) is 14.8. The third-order valence-electron chi connectivity index (χ3n) is 6.17. The molecule has 0 aliphatic heterocycles. The number of aryl methyl sites for hydroxylation is 1. The molecule has 0 aliphatic rings. The summed E-state index contributed by atoms with van der Waals surface area (Å²) >= 11 is 0. The van der Waals surface area contributed by atoms with Gasteiger partial charge in [-0.1, -0.05) is 84.3 Å². The molecular weight excluding hydrogens is 356 g/mol. The second-order valence-electron chi connectivity index (χ2n) is 9.88. The second kappa shape index (κ2) is 13.7. The van der Waals surface area contributed by atoms with Crippen LogP contribution in [0.3, 0.4) is 0 Å². The van der Waals surface area contributed by atoms with Gasteiger partial charge in [-0.3, -0.25) is 0 Å². The first-order chi connectivity index (χ1) is 13.7. The maximum atomic E-state index is 10.1. The largest absolute Gasteiger partial charge is 0.508 e. The first-order valence-electron chi connectivity index (χ1n) is 11.9. The van der Waals surface area contributed by atoms with Crippen LogP contribution < -0.4 is 0 Å². The SMILES string of the molecule is CC(=CCc1cc(O)cc(C)c1O)CCC[C@H](C)CCC[C@H](C)CCCC(C)C. The zero-order chi connectivity index (χ0) is 21.8. The summed E-state index contributed by atoms with van der Waals surface area (Å²) in [7, 11) is 0. The van der Waals surface area contributed by atoms with E-state index >= 15 is 0 Å². The molecule has 2 heteroatoms. The van der Waals surface area contributed by atoms with Crippen molar-refractivity contribution in [1.82, 2.24) is 0 Å². The minimum absolute atomic E-state index is 0.226. The second-order valence-corrected chi connectivity index (χ2v) is 9.88. The fourth-order valence-electron chi connectivity index (χ4n) is 4.08. The highest BCUT2D eigenvalue weighted by Crippen LogP contribution is 2.28. The van der Waals surface area contributed by atoms with Gasteiger partial charge in [-0.25, -0.2) is 0 Å². The van der Waals surface area contributed by atoms with Crippen LogP contribution in [0.25, 0.3) is 0 Å². The zero-order valence-electron chi connectivity index (χ0n) is 19.9. The van der Waals surface area contributed by atoms with Crippen LogP contribution in [0.15, 0.2) is 23.8 Å². The van der Waals surface area contributed by atoms with E-state index in [0.29, 0.717) is 12.2 Å². The molecule has 2 N–H and O–H groups in total. The molecule has 0 bridgehead atoms. The molecule has 1 aromatic rings. The van der Waals surface area contributed by atoms with Crippen LogP contribution in [0, 0.1) is 24.7 Å². The number of hydrogen-bond acceptors (Lipinski definition) is 2. The number of rotatable bonds is 14. The Morgan fingerprint density at radius 1 is 0.862 bits per heavy atom. The van der Waals surface area contributed by atoms with E-state index in [4.69, 9.17) is 0 Å². The molecule has 0 spiro atoms. The Kier molecular flexibility index (Phi) is 12.1. The van der Waals surface area contributed by atoms with Crippen molar-refractivity contribution >= 4 is 0 Å². The van der Waals surface area contributed by atoms with Crippen molar-refractivity contribution < 1.29 is 10.2 Å². The van der Waals surface area contributed by atoms with E-state index in [1.165, 1.54) is 56.9 Å². The Bertz CT molecular complexity index is 615. The van der Waals surface area contributed by atoms with E-state index in [0.717, 1.165) is 35.3 Å². The van der Waals surface area contributed by atoms with Gasteiger partial charge in [0.2, 0.25) is 0 Å². The van der Waals surface area contributed by atoms with Gasteiger partial charge < -0.3 is 10.2 Å². The number of aromatic hydroxyl groups is 2. The summed E-state index contributed by atoms with van der Waals surface area (Å²) in [5, 5.41) is 19.9. The molecule has 0 radical (unpaired) electrons. The number of allylic oxidation sites excluding steroid dienone is 2. The summed E-state index contributed by atoms with van der Waals surface area (Å²) in [5.74, 6) is 3.06. The highest BCUT2D eigenvalue weighted by atomic mass is 16.3. The van der Waals surface area contributed by atoms with E-state index < -0.39 is 0 Å². The molecule has 2 nitrogen and oxygen atoms in total. The number of phenols is 2. The highest BCUT2D eigenvalue weighted by molar-refractivity contribution is 5.46. The lowest BCUT2D eigenvalue weighted by Gasteiger charge is -2.15. The number of benzene rings is 1. The lowest BCUT2D eigenvalue weighted by atomic mass is 9.91. The van der Waals surface area contributed by atoms with Gasteiger partial charge in [-0.05, 0) is 68.6 Å². The van der Waals surface area contributed by atoms with Crippen LogP contribution in [0.5, 0.6) is 11.5 Å². The zero-order valence-corrected chi connectivity index (χ0v) is 19.9. The highest BCUT2D eigenvalue weighted by Gasteiger charge is 2.08. The molecule has 2 atom stereocenters. The van der Waals surface area contributed by atoms with Gasteiger partial charge in [-0.2, -0.15) is 0 Å². The third kappa shape index (κ3) is 11.4. The van der Waals surface area contributed by atoms with Gasteiger partial charge in [0.15, 0.2) is 0 Å². The summed E-state index contributed by atoms with van der Waals surface area (Å²) in [4.78, 5) is 0. The van der Waals surface area contributed by atoms with Gasteiger partial charge in [0.05, 0.1) is 0 Å². The van der Waals surface area contributed by atoms with Crippen LogP contribution in [0.1, 0.15) is 104 Å². The Hall–Kier alpha value is -1.44. The predicted molar refractivity (Wildman–Crippen MR) is 127 cm³/mol. The van der Waals surface area contributed by atoms with E-state index in [2.05, 4.69) is 40.7 Å². The monoisotopic (exact) mass is 402 g/mol. The van der Waals surface area contributed by atoms with E-state index in [9.17, 15) is 10.2 Å². The molecule has 0 heterocycles. The predicted octanol–water partition coefficient (Wildman–Crippen LogP) is 8.33. The third-order valence-corrected chi connectivity index (χ3v) is 6.17. The van der Waals surface area contributed by atoms with Gasteiger partial charge in [-0.15, -0.1) is 0 Å². The molecule has 0 amide bonds.